The average molecular weight is 334 g/mol. The Morgan fingerprint density at radius 3 is 2.79 bits per heavy atom. The fourth-order valence-electron chi connectivity index (χ4n) is 3.49. The first-order chi connectivity index (χ1) is 11.7. The van der Waals surface area contributed by atoms with Crippen LogP contribution in [0.4, 0.5) is 0 Å². The van der Waals surface area contributed by atoms with Gasteiger partial charge in [-0.3, -0.25) is 4.79 Å². The first-order valence-electron chi connectivity index (χ1n) is 8.61. The van der Waals surface area contributed by atoms with E-state index in [1.807, 2.05) is 17.0 Å². The van der Waals surface area contributed by atoms with E-state index in [0.29, 0.717) is 36.4 Å². The van der Waals surface area contributed by atoms with Gasteiger partial charge in [-0.25, -0.2) is 0 Å². The standard InChI is InChI=1S/C18H26N2O4/c1-22-16-7-6-14(12-17(16)23-2)24-11-10-20-9-8-13-4-3-5-15(19-13)18(20)21/h6-7,12-13,15,19H,3-5,8-11H2,1-2H3/t13-,15+/m1/s1. The Labute approximate surface area is 143 Å². The summed E-state index contributed by atoms with van der Waals surface area (Å²) in [4.78, 5) is 14.5. The van der Waals surface area contributed by atoms with Gasteiger partial charge in [0.15, 0.2) is 11.5 Å². The van der Waals surface area contributed by atoms with Crippen LogP contribution in [0.25, 0.3) is 0 Å². The van der Waals surface area contributed by atoms with Crippen molar-refractivity contribution in [2.45, 2.75) is 37.8 Å². The Bertz CT molecular complexity index is 578. The third-order valence-corrected chi connectivity index (χ3v) is 4.82. The summed E-state index contributed by atoms with van der Waals surface area (Å²) < 4.78 is 16.3. The summed E-state index contributed by atoms with van der Waals surface area (Å²) in [6.07, 6.45) is 4.30. The lowest BCUT2D eigenvalue weighted by Gasteiger charge is -2.27. The number of fused-ring (bicyclic) bond motifs is 2. The van der Waals surface area contributed by atoms with Gasteiger partial charge in [-0.2, -0.15) is 0 Å². The number of carbonyl (C=O) groups excluding carboxylic acids is 1. The molecular weight excluding hydrogens is 308 g/mol. The van der Waals surface area contributed by atoms with Crippen LogP contribution in [0.1, 0.15) is 25.7 Å². The molecule has 132 valence electrons. The molecule has 0 radical (unpaired) electrons. The number of nitrogens with zero attached hydrogens (tertiary/aromatic N) is 1. The Kier molecular flexibility index (Phi) is 5.45. The second kappa shape index (κ2) is 7.75. The molecule has 1 amide bonds. The molecule has 0 spiro atoms. The number of ether oxygens (including phenoxy) is 3. The third kappa shape index (κ3) is 3.75. The molecule has 3 rings (SSSR count). The zero-order valence-corrected chi connectivity index (χ0v) is 14.4. The first kappa shape index (κ1) is 16.9. The van der Waals surface area contributed by atoms with Crippen LogP contribution in [0, 0.1) is 0 Å². The lowest BCUT2D eigenvalue weighted by atomic mass is 9.98. The van der Waals surface area contributed by atoms with Gasteiger partial charge in [-0.1, -0.05) is 0 Å². The molecule has 1 aromatic rings. The molecule has 6 nitrogen and oxygen atoms in total. The highest BCUT2D eigenvalue weighted by Crippen LogP contribution is 2.30. The van der Waals surface area contributed by atoms with Gasteiger partial charge in [0.05, 0.1) is 26.8 Å². The molecule has 24 heavy (non-hydrogen) atoms. The monoisotopic (exact) mass is 334 g/mol. The van der Waals surface area contributed by atoms with E-state index in [0.717, 1.165) is 25.8 Å². The lowest BCUT2D eigenvalue weighted by Crippen LogP contribution is -2.48. The quantitative estimate of drug-likeness (QED) is 0.860. The molecule has 0 saturated carbocycles. The van der Waals surface area contributed by atoms with Gasteiger partial charge in [0.1, 0.15) is 12.4 Å². The third-order valence-electron chi connectivity index (χ3n) is 4.82. The summed E-state index contributed by atoms with van der Waals surface area (Å²) in [5, 5.41) is 3.47. The van der Waals surface area contributed by atoms with E-state index in [1.165, 1.54) is 6.42 Å². The summed E-state index contributed by atoms with van der Waals surface area (Å²) >= 11 is 0. The predicted molar refractivity (Wildman–Crippen MR) is 90.8 cm³/mol. The van der Waals surface area contributed by atoms with Crippen molar-refractivity contribution in [3.05, 3.63) is 18.2 Å². The highest BCUT2D eigenvalue weighted by atomic mass is 16.5. The highest BCUT2D eigenvalue weighted by molar-refractivity contribution is 5.82. The lowest BCUT2D eigenvalue weighted by molar-refractivity contribution is -0.133. The van der Waals surface area contributed by atoms with E-state index in [-0.39, 0.29) is 11.9 Å². The molecule has 2 fully saturated rings. The van der Waals surface area contributed by atoms with Crippen LogP contribution in [0.15, 0.2) is 18.2 Å². The summed E-state index contributed by atoms with van der Waals surface area (Å²) in [6.45, 7) is 1.89. The van der Waals surface area contributed by atoms with Crippen molar-refractivity contribution in [1.29, 1.82) is 0 Å². The highest BCUT2D eigenvalue weighted by Gasteiger charge is 2.33. The number of piperidine rings is 1. The van der Waals surface area contributed by atoms with E-state index in [4.69, 9.17) is 14.2 Å². The maximum atomic E-state index is 12.6. The fourth-order valence-corrected chi connectivity index (χ4v) is 3.49. The minimum absolute atomic E-state index is 0.00710. The van der Waals surface area contributed by atoms with Crippen molar-refractivity contribution in [3.63, 3.8) is 0 Å². The SMILES string of the molecule is COc1ccc(OCCN2CC[C@H]3CCC[C@H](N3)C2=O)cc1OC. The van der Waals surface area contributed by atoms with E-state index in [1.54, 1.807) is 20.3 Å². The Morgan fingerprint density at radius 1 is 1.17 bits per heavy atom. The fraction of sp³-hybridized carbons (Fsp3) is 0.611. The van der Waals surface area contributed by atoms with Crippen LogP contribution < -0.4 is 19.5 Å². The van der Waals surface area contributed by atoms with Crippen molar-refractivity contribution in [2.75, 3.05) is 33.9 Å². The zero-order chi connectivity index (χ0) is 16.9. The van der Waals surface area contributed by atoms with Crippen LogP contribution in [-0.2, 0) is 4.79 Å². The normalized spacial score (nSPS) is 23.6. The maximum Gasteiger partial charge on any atom is 0.239 e. The Morgan fingerprint density at radius 2 is 2.00 bits per heavy atom. The van der Waals surface area contributed by atoms with E-state index in [9.17, 15) is 4.79 Å². The van der Waals surface area contributed by atoms with Gasteiger partial charge < -0.3 is 24.4 Å². The molecular formula is C18H26N2O4. The molecule has 2 bridgehead atoms. The van der Waals surface area contributed by atoms with Crippen LogP contribution in [0.3, 0.4) is 0 Å². The topological polar surface area (TPSA) is 60.0 Å². The summed E-state index contributed by atoms with van der Waals surface area (Å²) in [5.74, 6) is 2.24. The average Bonchev–Trinajstić information content (AvgIpc) is 2.73. The maximum absolute atomic E-state index is 12.6. The molecule has 0 unspecified atom stereocenters. The zero-order valence-electron chi connectivity index (χ0n) is 14.4. The second-order valence-corrected chi connectivity index (χ2v) is 6.33. The van der Waals surface area contributed by atoms with Gasteiger partial charge in [-0.15, -0.1) is 0 Å². The first-order valence-corrected chi connectivity index (χ1v) is 8.61. The molecule has 2 saturated heterocycles. The minimum atomic E-state index is -0.00710. The van der Waals surface area contributed by atoms with Crippen LogP contribution >= 0.6 is 0 Å². The number of hydrogen-bond donors (Lipinski definition) is 1. The number of methoxy groups -OCH3 is 2. The molecule has 0 aromatic heterocycles. The summed E-state index contributed by atoms with van der Waals surface area (Å²) in [6, 6.07) is 5.95. The van der Waals surface area contributed by atoms with Crippen LogP contribution in [-0.4, -0.2) is 56.8 Å². The van der Waals surface area contributed by atoms with Gasteiger partial charge >= 0.3 is 0 Å². The molecule has 2 aliphatic heterocycles. The molecule has 1 aromatic carbocycles. The van der Waals surface area contributed by atoms with Crippen molar-refractivity contribution in [3.8, 4) is 17.2 Å². The summed E-state index contributed by atoms with van der Waals surface area (Å²) in [7, 11) is 3.20. The number of rotatable bonds is 6. The number of hydrogen-bond acceptors (Lipinski definition) is 5. The van der Waals surface area contributed by atoms with E-state index >= 15 is 0 Å². The van der Waals surface area contributed by atoms with Gasteiger partial charge in [-0.05, 0) is 37.8 Å². The van der Waals surface area contributed by atoms with Crippen molar-refractivity contribution in [2.24, 2.45) is 0 Å². The number of carbonyl (C=O) groups is 1. The molecule has 2 heterocycles. The molecule has 0 aliphatic carbocycles. The van der Waals surface area contributed by atoms with E-state index in [2.05, 4.69) is 5.32 Å². The Balaban J connectivity index is 1.55. The minimum Gasteiger partial charge on any atom is -0.493 e. The smallest absolute Gasteiger partial charge is 0.239 e. The molecule has 2 aliphatic rings. The van der Waals surface area contributed by atoms with Crippen molar-refractivity contribution < 1.29 is 19.0 Å². The van der Waals surface area contributed by atoms with Crippen molar-refractivity contribution >= 4 is 5.91 Å². The predicted octanol–water partition coefficient (Wildman–Crippen LogP) is 1.83. The molecule has 2 atom stereocenters. The van der Waals surface area contributed by atoms with Crippen LogP contribution in [0.2, 0.25) is 0 Å². The molecule has 6 heteroatoms. The number of nitrogens with one attached hydrogen (secondary N) is 1. The van der Waals surface area contributed by atoms with Crippen molar-refractivity contribution in [1.82, 2.24) is 10.2 Å². The largest absolute Gasteiger partial charge is 0.493 e. The Hall–Kier alpha value is -1.95. The van der Waals surface area contributed by atoms with Gasteiger partial charge in [0, 0.05) is 18.7 Å². The van der Waals surface area contributed by atoms with Gasteiger partial charge in [0.2, 0.25) is 5.91 Å². The van der Waals surface area contributed by atoms with Crippen LogP contribution in [0.5, 0.6) is 17.2 Å². The number of benzene rings is 1. The van der Waals surface area contributed by atoms with E-state index < -0.39 is 0 Å². The number of amides is 1. The van der Waals surface area contributed by atoms with Gasteiger partial charge in [0.25, 0.3) is 0 Å². The molecule has 1 N–H and O–H groups in total. The summed E-state index contributed by atoms with van der Waals surface area (Å²) in [5.41, 5.74) is 0. The second-order valence-electron chi connectivity index (χ2n) is 6.33.